The van der Waals surface area contributed by atoms with E-state index in [1.807, 2.05) is 25.3 Å². The normalized spacial score (nSPS) is 16.7. The van der Waals surface area contributed by atoms with Crippen LogP contribution in [0.4, 0.5) is 0 Å². The fourth-order valence-electron chi connectivity index (χ4n) is 4.25. The Balaban J connectivity index is 1.16. The molecule has 0 bridgehead atoms. The first kappa shape index (κ1) is 21.4. The number of benzene rings is 2. The number of aryl methyl sites for hydroxylation is 1. The highest BCUT2D eigenvalue weighted by Gasteiger charge is 2.21. The predicted molar refractivity (Wildman–Crippen MR) is 127 cm³/mol. The summed E-state index contributed by atoms with van der Waals surface area (Å²) in [6.45, 7) is 8.89. The van der Waals surface area contributed by atoms with Gasteiger partial charge in [-0.25, -0.2) is 0 Å². The fraction of sp³-hybridized carbons (Fsp3) is 0.423. The van der Waals surface area contributed by atoms with Crippen molar-refractivity contribution in [2.24, 2.45) is 4.99 Å². The van der Waals surface area contributed by atoms with Gasteiger partial charge in [0.2, 0.25) is 0 Å². The van der Waals surface area contributed by atoms with Gasteiger partial charge in [0.05, 0.1) is 6.61 Å². The minimum atomic E-state index is 0.639. The van der Waals surface area contributed by atoms with Gasteiger partial charge in [0, 0.05) is 50.4 Å². The summed E-state index contributed by atoms with van der Waals surface area (Å²) in [4.78, 5) is 9.59. The van der Waals surface area contributed by atoms with Gasteiger partial charge < -0.3 is 14.4 Å². The van der Waals surface area contributed by atoms with Crippen molar-refractivity contribution >= 4 is 11.9 Å². The Morgan fingerprint density at radius 2 is 1.90 bits per heavy atom. The van der Waals surface area contributed by atoms with Gasteiger partial charge in [-0.2, -0.15) is 0 Å². The zero-order chi connectivity index (χ0) is 21.5. The molecule has 5 heteroatoms. The highest BCUT2D eigenvalue weighted by molar-refractivity contribution is 6.00. The number of piperazine rings is 1. The van der Waals surface area contributed by atoms with Crippen LogP contribution in [0.3, 0.4) is 0 Å². The molecule has 0 spiro atoms. The lowest BCUT2D eigenvalue weighted by Crippen LogP contribution is -2.49. The van der Waals surface area contributed by atoms with Crippen LogP contribution in [0.25, 0.3) is 6.08 Å². The number of amidine groups is 1. The van der Waals surface area contributed by atoms with Crippen molar-refractivity contribution in [2.75, 3.05) is 53.0 Å². The highest BCUT2D eigenvalue weighted by Crippen LogP contribution is 2.28. The van der Waals surface area contributed by atoms with Crippen molar-refractivity contribution in [3.63, 3.8) is 0 Å². The molecule has 0 aromatic heterocycles. The van der Waals surface area contributed by atoms with Gasteiger partial charge >= 0.3 is 0 Å². The number of hydrogen-bond donors (Lipinski definition) is 0. The first-order valence-electron chi connectivity index (χ1n) is 11.3. The number of fused-ring (bicyclic) bond motifs is 1. The molecule has 0 atom stereocenters. The van der Waals surface area contributed by atoms with Gasteiger partial charge in [-0.1, -0.05) is 30.3 Å². The average Bonchev–Trinajstić information content (AvgIpc) is 2.81. The van der Waals surface area contributed by atoms with E-state index in [0.717, 1.165) is 75.1 Å². The number of rotatable bonds is 7. The van der Waals surface area contributed by atoms with Crippen LogP contribution in [-0.2, 0) is 0 Å². The molecule has 0 aliphatic carbocycles. The van der Waals surface area contributed by atoms with E-state index in [1.54, 1.807) is 0 Å². The van der Waals surface area contributed by atoms with E-state index in [1.165, 1.54) is 11.1 Å². The Morgan fingerprint density at radius 3 is 2.71 bits per heavy atom. The van der Waals surface area contributed by atoms with Gasteiger partial charge in [-0.3, -0.25) is 9.89 Å². The molecule has 1 fully saturated rings. The molecule has 31 heavy (non-hydrogen) atoms. The average molecular weight is 420 g/mol. The van der Waals surface area contributed by atoms with Crippen LogP contribution >= 0.6 is 0 Å². The summed E-state index contributed by atoms with van der Waals surface area (Å²) in [6, 6.07) is 14.6. The first-order chi connectivity index (χ1) is 15.2. The summed E-state index contributed by atoms with van der Waals surface area (Å²) in [5, 5.41) is 0. The quantitative estimate of drug-likeness (QED) is 0.382. The number of nitrogens with zero attached hydrogens (tertiary/aromatic N) is 3. The van der Waals surface area contributed by atoms with Crippen molar-refractivity contribution in [1.82, 2.24) is 9.80 Å². The molecule has 2 aliphatic heterocycles. The van der Waals surface area contributed by atoms with Gasteiger partial charge in [0.1, 0.15) is 23.9 Å². The van der Waals surface area contributed by atoms with Gasteiger partial charge in [-0.05, 0) is 50.1 Å². The Bertz CT molecular complexity index is 930. The molecular formula is C26H33N3O2. The molecule has 0 amide bonds. The zero-order valence-electron chi connectivity index (χ0n) is 18.7. The van der Waals surface area contributed by atoms with Gasteiger partial charge in [0.25, 0.3) is 0 Å². The van der Waals surface area contributed by atoms with Crippen molar-refractivity contribution in [3.05, 3.63) is 65.2 Å². The highest BCUT2D eigenvalue weighted by atomic mass is 16.5. The number of unbranched alkanes of at least 4 members (excludes halogenated alkanes) is 1. The molecular weight excluding hydrogens is 386 g/mol. The summed E-state index contributed by atoms with van der Waals surface area (Å²) in [5.74, 6) is 2.93. The van der Waals surface area contributed by atoms with Gasteiger partial charge in [0.15, 0.2) is 0 Å². The van der Waals surface area contributed by atoms with Crippen LogP contribution in [0.2, 0.25) is 0 Å². The summed E-state index contributed by atoms with van der Waals surface area (Å²) >= 11 is 0. The van der Waals surface area contributed by atoms with Crippen molar-refractivity contribution < 1.29 is 9.47 Å². The van der Waals surface area contributed by atoms with Crippen LogP contribution < -0.4 is 9.47 Å². The Kier molecular flexibility index (Phi) is 7.26. The maximum atomic E-state index is 5.94. The maximum Gasteiger partial charge on any atom is 0.130 e. The van der Waals surface area contributed by atoms with E-state index in [9.17, 15) is 0 Å². The van der Waals surface area contributed by atoms with E-state index >= 15 is 0 Å². The Labute approximate surface area is 186 Å². The lowest BCUT2D eigenvalue weighted by Gasteiger charge is -2.36. The molecule has 2 aromatic rings. The zero-order valence-corrected chi connectivity index (χ0v) is 18.7. The molecule has 2 aromatic carbocycles. The molecule has 2 aliphatic rings. The number of hydrogen-bond acceptors (Lipinski definition) is 4. The topological polar surface area (TPSA) is 37.3 Å². The Morgan fingerprint density at radius 1 is 1.06 bits per heavy atom. The lowest BCUT2D eigenvalue weighted by atomic mass is 10.1. The third kappa shape index (κ3) is 5.47. The monoisotopic (exact) mass is 419 g/mol. The second-order valence-electron chi connectivity index (χ2n) is 8.16. The molecule has 2 heterocycles. The number of aliphatic imine (C=N–C) groups is 1. The standard InChI is InChI=1S/C26H33N3O2/c1-21-8-3-4-10-24(21)26(27-2)29-16-14-28(15-17-29)13-5-6-18-30-23-12-11-22-9-7-19-31-25(22)20-23/h3-4,7-12,20H,5-6,13-19H2,1-2H3. The van der Waals surface area contributed by atoms with E-state index in [-0.39, 0.29) is 0 Å². The third-order valence-electron chi connectivity index (χ3n) is 6.02. The van der Waals surface area contributed by atoms with Crippen LogP contribution in [0, 0.1) is 6.92 Å². The molecule has 1 saturated heterocycles. The van der Waals surface area contributed by atoms with Crippen molar-refractivity contribution in [1.29, 1.82) is 0 Å². The first-order valence-corrected chi connectivity index (χ1v) is 11.3. The summed E-state index contributed by atoms with van der Waals surface area (Å²) in [6.07, 6.45) is 6.33. The van der Waals surface area contributed by atoms with Crippen molar-refractivity contribution in [3.8, 4) is 11.5 Å². The van der Waals surface area contributed by atoms with Crippen LogP contribution in [0.5, 0.6) is 11.5 Å². The largest absolute Gasteiger partial charge is 0.493 e. The van der Waals surface area contributed by atoms with E-state index in [2.05, 4.69) is 58.1 Å². The van der Waals surface area contributed by atoms with Gasteiger partial charge in [-0.15, -0.1) is 0 Å². The Hall–Kier alpha value is -2.79. The third-order valence-corrected chi connectivity index (χ3v) is 6.02. The maximum absolute atomic E-state index is 5.94. The smallest absolute Gasteiger partial charge is 0.130 e. The molecule has 4 rings (SSSR count). The molecule has 5 nitrogen and oxygen atoms in total. The molecule has 0 N–H and O–H groups in total. The predicted octanol–water partition coefficient (Wildman–Crippen LogP) is 4.25. The molecule has 0 unspecified atom stereocenters. The molecule has 0 radical (unpaired) electrons. The fourth-order valence-corrected chi connectivity index (χ4v) is 4.25. The van der Waals surface area contributed by atoms with E-state index in [4.69, 9.17) is 9.47 Å². The SMILES string of the molecule is CN=C(c1ccccc1C)N1CCN(CCCCOc2ccc3c(c2)OCC=C3)CC1. The number of ether oxygens (including phenoxy) is 2. The molecule has 164 valence electrons. The van der Waals surface area contributed by atoms with E-state index < -0.39 is 0 Å². The molecule has 0 saturated carbocycles. The van der Waals surface area contributed by atoms with Crippen LogP contribution in [0.15, 0.2) is 53.5 Å². The summed E-state index contributed by atoms with van der Waals surface area (Å²) in [5.41, 5.74) is 3.66. The summed E-state index contributed by atoms with van der Waals surface area (Å²) in [7, 11) is 1.90. The second-order valence-corrected chi connectivity index (χ2v) is 8.16. The minimum Gasteiger partial charge on any atom is -0.493 e. The van der Waals surface area contributed by atoms with Crippen LogP contribution in [-0.4, -0.2) is 68.6 Å². The minimum absolute atomic E-state index is 0.639. The van der Waals surface area contributed by atoms with Crippen molar-refractivity contribution in [2.45, 2.75) is 19.8 Å². The van der Waals surface area contributed by atoms with E-state index in [0.29, 0.717) is 6.61 Å². The summed E-state index contributed by atoms with van der Waals surface area (Å²) < 4.78 is 11.6. The second kappa shape index (κ2) is 10.5. The lowest BCUT2D eigenvalue weighted by molar-refractivity contribution is 0.176. The van der Waals surface area contributed by atoms with Crippen LogP contribution in [0.1, 0.15) is 29.5 Å².